The molecule has 14 heteroatoms. The first-order valence-electron chi connectivity index (χ1n) is 10.5. The molecule has 0 saturated carbocycles. The molecule has 2 aromatic rings. The van der Waals surface area contributed by atoms with Crippen LogP contribution < -0.4 is 4.74 Å². The molecule has 2 fully saturated rings. The van der Waals surface area contributed by atoms with Crippen LogP contribution in [0.1, 0.15) is 5.56 Å². The molecular weight excluding hydrogens is 496 g/mol. The number of imide groups is 1. The third-order valence-corrected chi connectivity index (χ3v) is 6.17. The molecule has 186 valence electrons. The largest absolute Gasteiger partial charge is 0.450 e. The Hall–Kier alpha value is -4.30. The van der Waals surface area contributed by atoms with E-state index in [1.165, 1.54) is 23.1 Å². The van der Waals surface area contributed by atoms with Gasteiger partial charge in [0, 0.05) is 19.2 Å². The van der Waals surface area contributed by atoms with Gasteiger partial charge in [-0.25, -0.2) is 0 Å². The van der Waals surface area contributed by atoms with Crippen LogP contribution >= 0.6 is 11.8 Å². The van der Waals surface area contributed by atoms with Gasteiger partial charge >= 0.3 is 5.69 Å². The molecule has 0 aliphatic carbocycles. The molecule has 2 heterocycles. The van der Waals surface area contributed by atoms with E-state index >= 15 is 0 Å². The van der Waals surface area contributed by atoms with Crippen molar-refractivity contribution >= 4 is 46.3 Å². The maximum Gasteiger partial charge on any atom is 0.318 e. The number of thioether (sulfide) groups is 1. The average Bonchev–Trinajstić information content (AvgIpc) is 3.12. The van der Waals surface area contributed by atoms with Gasteiger partial charge < -0.3 is 14.4 Å². The Morgan fingerprint density at radius 2 is 1.83 bits per heavy atom. The summed E-state index contributed by atoms with van der Waals surface area (Å²) in [6.07, 6.45) is 1.45. The fourth-order valence-corrected chi connectivity index (χ4v) is 4.32. The monoisotopic (exact) mass is 514 g/mol. The molecule has 2 aliphatic rings. The highest BCUT2D eigenvalue weighted by Gasteiger charge is 2.37. The van der Waals surface area contributed by atoms with Crippen molar-refractivity contribution in [3.8, 4) is 11.5 Å². The fraction of sp³-hybridized carbons (Fsp3) is 0.227. The van der Waals surface area contributed by atoms with Gasteiger partial charge in [-0.2, -0.15) is 0 Å². The molecule has 2 aliphatic heterocycles. The number of benzene rings is 2. The van der Waals surface area contributed by atoms with Crippen molar-refractivity contribution < 1.29 is 33.7 Å². The zero-order valence-electron chi connectivity index (χ0n) is 18.5. The summed E-state index contributed by atoms with van der Waals surface area (Å²) in [7, 11) is 0. The Bertz CT molecular complexity index is 1290. The van der Waals surface area contributed by atoms with Gasteiger partial charge in [-0.3, -0.25) is 39.5 Å². The van der Waals surface area contributed by atoms with Gasteiger partial charge in [-0.15, -0.1) is 0 Å². The minimum atomic E-state index is -0.791. The van der Waals surface area contributed by atoms with Crippen LogP contribution in [0.25, 0.3) is 6.08 Å². The van der Waals surface area contributed by atoms with E-state index in [1.54, 1.807) is 12.1 Å². The second-order valence-corrected chi connectivity index (χ2v) is 8.60. The Morgan fingerprint density at radius 1 is 1.08 bits per heavy atom. The number of nitro benzene ring substituents is 2. The van der Waals surface area contributed by atoms with E-state index in [0.29, 0.717) is 43.6 Å². The molecule has 4 rings (SSSR count). The minimum Gasteiger partial charge on any atom is -0.450 e. The molecule has 2 saturated heterocycles. The van der Waals surface area contributed by atoms with Gasteiger partial charge in [0.05, 0.1) is 34.0 Å². The topological polar surface area (TPSA) is 162 Å². The van der Waals surface area contributed by atoms with Gasteiger partial charge in [0.25, 0.3) is 16.8 Å². The summed E-state index contributed by atoms with van der Waals surface area (Å²) in [4.78, 5) is 60.9. The Kier molecular flexibility index (Phi) is 7.26. The Labute approximate surface area is 207 Å². The quantitative estimate of drug-likeness (QED) is 0.305. The third-order valence-electron chi connectivity index (χ3n) is 5.26. The first-order valence-corrected chi connectivity index (χ1v) is 11.4. The van der Waals surface area contributed by atoms with Crippen molar-refractivity contribution in [2.24, 2.45) is 0 Å². The van der Waals surface area contributed by atoms with Gasteiger partial charge in [-0.05, 0) is 41.6 Å². The molecule has 13 nitrogen and oxygen atoms in total. The number of morpholine rings is 1. The van der Waals surface area contributed by atoms with Crippen LogP contribution in [0.5, 0.6) is 11.5 Å². The first kappa shape index (κ1) is 24.8. The van der Waals surface area contributed by atoms with E-state index in [0.717, 1.165) is 23.1 Å². The van der Waals surface area contributed by atoms with Crippen molar-refractivity contribution in [3.05, 3.63) is 73.2 Å². The minimum absolute atomic E-state index is 0.105. The van der Waals surface area contributed by atoms with Crippen LogP contribution in [0.2, 0.25) is 0 Å². The van der Waals surface area contributed by atoms with E-state index in [9.17, 15) is 34.6 Å². The zero-order valence-corrected chi connectivity index (χ0v) is 19.3. The number of hydrogen-bond acceptors (Lipinski definition) is 10. The maximum atomic E-state index is 12.8. The number of ether oxygens (including phenoxy) is 2. The number of non-ortho nitro benzene ring substituents is 1. The summed E-state index contributed by atoms with van der Waals surface area (Å²) in [5.74, 6) is -0.988. The van der Waals surface area contributed by atoms with Gasteiger partial charge in [0.1, 0.15) is 12.3 Å². The van der Waals surface area contributed by atoms with Crippen LogP contribution in [-0.2, 0) is 14.3 Å². The molecule has 0 aromatic heterocycles. The molecule has 0 atom stereocenters. The SMILES string of the molecule is O=C(CN1C(=O)S/C(=C/c2cccc(Oc3ccc([N+](=O)[O-])cc3[N+](=O)[O-])c2)C1=O)N1CCOCC1. The summed E-state index contributed by atoms with van der Waals surface area (Å²) >= 11 is 0.695. The average molecular weight is 514 g/mol. The molecule has 3 amide bonds. The molecule has 0 radical (unpaired) electrons. The van der Waals surface area contributed by atoms with E-state index in [-0.39, 0.29) is 28.9 Å². The van der Waals surface area contributed by atoms with E-state index in [1.807, 2.05) is 0 Å². The van der Waals surface area contributed by atoms with Crippen LogP contribution in [0.15, 0.2) is 47.4 Å². The molecule has 36 heavy (non-hydrogen) atoms. The second-order valence-electron chi connectivity index (χ2n) is 7.60. The Morgan fingerprint density at radius 3 is 2.53 bits per heavy atom. The lowest BCUT2D eigenvalue weighted by molar-refractivity contribution is -0.394. The Balaban J connectivity index is 1.50. The van der Waals surface area contributed by atoms with Crippen LogP contribution in [0.3, 0.4) is 0 Å². The highest BCUT2D eigenvalue weighted by atomic mass is 32.2. The summed E-state index contributed by atoms with van der Waals surface area (Å²) in [6.45, 7) is 1.22. The van der Waals surface area contributed by atoms with Crippen molar-refractivity contribution in [1.82, 2.24) is 9.80 Å². The highest BCUT2D eigenvalue weighted by Crippen LogP contribution is 2.36. The van der Waals surface area contributed by atoms with E-state index < -0.39 is 32.4 Å². The lowest BCUT2D eigenvalue weighted by Gasteiger charge is -2.28. The number of carbonyl (C=O) groups excluding carboxylic acids is 3. The van der Waals surface area contributed by atoms with Crippen molar-refractivity contribution in [1.29, 1.82) is 0 Å². The lowest BCUT2D eigenvalue weighted by Crippen LogP contribution is -2.46. The summed E-state index contributed by atoms with van der Waals surface area (Å²) in [6, 6.07) is 9.20. The molecule has 0 N–H and O–H groups in total. The lowest BCUT2D eigenvalue weighted by atomic mass is 10.2. The van der Waals surface area contributed by atoms with Crippen LogP contribution in [0, 0.1) is 20.2 Å². The highest BCUT2D eigenvalue weighted by molar-refractivity contribution is 8.18. The predicted octanol–water partition coefficient (Wildman–Crippen LogP) is 3.19. The molecule has 2 aromatic carbocycles. The first-order chi connectivity index (χ1) is 17.2. The predicted molar refractivity (Wildman–Crippen MR) is 126 cm³/mol. The van der Waals surface area contributed by atoms with E-state index in [4.69, 9.17) is 9.47 Å². The second kappa shape index (κ2) is 10.5. The van der Waals surface area contributed by atoms with Gasteiger partial charge in [0.2, 0.25) is 11.7 Å². The van der Waals surface area contributed by atoms with E-state index in [2.05, 4.69) is 0 Å². The maximum absolute atomic E-state index is 12.8. The molecule has 0 bridgehead atoms. The number of carbonyl (C=O) groups is 3. The fourth-order valence-electron chi connectivity index (χ4n) is 3.48. The summed E-state index contributed by atoms with van der Waals surface area (Å²) in [5, 5.41) is 21.7. The summed E-state index contributed by atoms with van der Waals surface area (Å²) < 4.78 is 10.8. The van der Waals surface area contributed by atoms with Crippen molar-refractivity contribution in [3.63, 3.8) is 0 Å². The summed E-state index contributed by atoms with van der Waals surface area (Å²) in [5.41, 5.74) is -0.576. The standard InChI is InChI=1S/C22H18N4O9S/c27-20(23-6-8-34-9-7-23)13-24-21(28)19(36-22(24)29)11-14-2-1-3-16(10-14)35-18-5-4-15(25(30)31)12-17(18)26(32)33/h1-5,10-12H,6-9,13H2/b19-11+. The molecule has 0 unspecified atom stereocenters. The van der Waals surface area contributed by atoms with Gasteiger partial charge in [-0.1, -0.05) is 12.1 Å². The normalized spacial score (nSPS) is 16.9. The number of amides is 3. The van der Waals surface area contributed by atoms with Crippen molar-refractivity contribution in [2.75, 3.05) is 32.8 Å². The zero-order chi connectivity index (χ0) is 25.8. The number of nitro groups is 2. The number of rotatable bonds is 7. The van der Waals surface area contributed by atoms with Crippen LogP contribution in [-0.4, -0.2) is 69.5 Å². The van der Waals surface area contributed by atoms with Crippen LogP contribution in [0.4, 0.5) is 16.2 Å². The number of hydrogen-bond donors (Lipinski definition) is 0. The smallest absolute Gasteiger partial charge is 0.318 e. The van der Waals surface area contributed by atoms with Gasteiger partial charge in [0.15, 0.2) is 0 Å². The number of nitrogens with zero attached hydrogens (tertiary/aromatic N) is 4. The third kappa shape index (κ3) is 5.50. The molecule has 0 spiro atoms. The van der Waals surface area contributed by atoms with Crippen molar-refractivity contribution in [2.45, 2.75) is 0 Å². The molecular formula is C22H18N4O9S.